The van der Waals surface area contributed by atoms with E-state index >= 15 is 0 Å². The fourth-order valence-corrected chi connectivity index (χ4v) is 1.89. The summed E-state index contributed by atoms with van der Waals surface area (Å²) >= 11 is 0. The molecule has 0 aliphatic heterocycles. The van der Waals surface area contributed by atoms with Crippen LogP contribution in [0.3, 0.4) is 0 Å². The Bertz CT molecular complexity index is 384. The normalized spacial score (nSPS) is 16.6. The number of carbonyl (C=O) groups is 1. The van der Waals surface area contributed by atoms with Crippen LogP contribution in [0.4, 0.5) is 0 Å². The molecule has 0 spiro atoms. The number of hydrogen-bond acceptors (Lipinski definition) is 3. The first-order chi connectivity index (χ1) is 8.19. The largest absolute Gasteiger partial charge is 0.348 e. The zero-order chi connectivity index (χ0) is 12.3. The zero-order valence-corrected chi connectivity index (χ0v) is 10.1. The van der Waals surface area contributed by atoms with E-state index in [2.05, 4.69) is 10.3 Å². The van der Waals surface area contributed by atoms with E-state index in [-0.39, 0.29) is 11.9 Å². The van der Waals surface area contributed by atoms with Crippen molar-refractivity contribution in [1.29, 1.82) is 0 Å². The fourth-order valence-electron chi connectivity index (χ4n) is 1.89. The van der Waals surface area contributed by atoms with Gasteiger partial charge in [-0.05, 0) is 30.9 Å². The van der Waals surface area contributed by atoms with E-state index in [0.717, 1.165) is 17.9 Å². The van der Waals surface area contributed by atoms with Crippen molar-refractivity contribution in [3.8, 4) is 0 Å². The maximum Gasteiger partial charge on any atom is 0.270 e. The molecule has 1 aliphatic rings. The van der Waals surface area contributed by atoms with Crippen molar-refractivity contribution in [1.82, 2.24) is 10.3 Å². The third-order valence-corrected chi connectivity index (χ3v) is 3.05. The van der Waals surface area contributed by atoms with Gasteiger partial charge in [0.2, 0.25) is 0 Å². The number of amides is 1. The molecule has 1 fully saturated rings. The van der Waals surface area contributed by atoms with Gasteiger partial charge >= 0.3 is 0 Å². The standard InChI is InChI=1S/C13H19N3O/c1-9(6-10-2-3-10)16-13(17)12-5-4-11(7-14)8-15-12/h4-5,8-10H,2-3,6-7,14H2,1H3,(H,16,17). The van der Waals surface area contributed by atoms with Crippen molar-refractivity contribution in [3.63, 3.8) is 0 Å². The lowest BCUT2D eigenvalue weighted by atomic mass is 10.1. The van der Waals surface area contributed by atoms with Crippen LogP contribution in [0.5, 0.6) is 0 Å². The van der Waals surface area contributed by atoms with Crippen LogP contribution in [0.15, 0.2) is 18.3 Å². The van der Waals surface area contributed by atoms with Crippen molar-refractivity contribution < 1.29 is 4.79 Å². The quantitative estimate of drug-likeness (QED) is 0.809. The van der Waals surface area contributed by atoms with E-state index in [1.165, 1.54) is 12.8 Å². The van der Waals surface area contributed by atoms with Crippen molar-refractivity contribution in [2.75, 3.05) is 0 Å². The molecule has 0 bridgehead atoms. The number of nitrogens with two attached hydrogens (primary N) is 1. The lowest BCUT2D eigenvalue weighted by Crippen LogP contribution is -2.33. The van der Waals surface area contributed by atoms with Gasteiger partial charge < -0.3 is 11.1 Å². The second-order valence-electron chi connectivity index (χ2n) is 4.81. The summed E-state index contributed by atoms with van der Waals surface area (Å²) in [5.41, 5.74) is 6.88. The summed E-state index contributed by atoms with van der Waals surface area (Å²) in [6.07, 6.45) is 5.35. The molecule has 4 heteroatoms. The van der Waals surface area contributed by atoms with Crippen LogP contribution in [0, 0.1) is 5.92 Å². The van der Waals surface area contributed by atoms with Gasteiger partial charge in [-0.3, -0.25) is 9.78 Å². The Labute approximate surface area is 102 Å². The molecule has 1 atom stereocenters. The SMILES string of the molecule is CC(CC1CC1)NC(=O)c1ccc(CN)cn1. The van der Waals surface area contributed by atoms with Crippen LogP contribution in [-0.4, -0.2) is 16.9 Å². The number of carbonyl (C=O) groups excluding carboxylic acids is 1. The molecule has 2 rings (SSSR count). The Morgan fingerprint density at radius 2 is 2.35 bits per heavy atom. The Morgan fingerprint density at radius 1 is 1.59 bits per heavy atom. The van der Waals surface area contributed by atoms with Crippen LogP contribution in [0.25, 0.3) is 0 Å². The second kappa shape index (κ2) is 5.27. The Balaban J connectivity index is 1.88. The van der Waals surface area contributed by atoms with Crippen LogP contribution >= 0.6 is 0 Å². The predicted octanol–water partition coefficient (Wildman–Crippen LogP) is 1.46. The monoisotopic (exact) mass is 233 g/mol. The van der Waals surface area contributed by atoms with Gasteiger partial charge in [0.15, 0.2) is 0 Å². The molecule has 3 N–H and O–H groups in total. The van der Waals surface area contributed by atoms with E-state index < -0.39 is 0 Å². The number of aromatic nitrogens is 1. The molecule has 1 aromatic heterocycles. The molecule has 17 heavy (non-hydrogen) atoms. The highest BCUT2D eigenvalue weighted by molar-refractivity contribution is 5.92. The van der Waals surface area contributed by atoms with Gasteiger partial charge in [-0.2, -0.15) is 0 Å². The van der Waals surface area contributed by atoms with Crippen LogP contribution in [0.1, 0.15) is 42.2 Å². The number of nitrogens with zero attached hydrogens (tertiary/aromatic N) is 1. The summed E-state index contributed by atoms with van der Waals surface area (Å²) in [5, 5.41) is 2.97. The van der Waals surface area contributed by atoms with Crippen molar-refractivity contribution in [3.05, 3.63) is 29.6 Å². The van der Waals surface area contributed by atoms with Crippen molar-refractivity contribution in [2.24, 2.45) is 11.7 Å². The summed E-state index contributed by atoms with van der Waals surface area (Å²) < 4.78 is 0. The van der Waals surface area contributed by atoms with Gasteiger partial charge in [0, 0.05) is 18.8 Å². The van der Waals surface area contributed by atoms with Crippen LogP contribution in [0.2, 0.25) is 0 Å². The molecule has 0 radical (unpaired) electrons. The van der Waals surface area contributed by atoms with Crippen molar-refractivity contribution in [2.45, 2.75) is 38.8 Å². The molecule has 1 aliphatic carbocycles. The molecule has 92 valence electrons. The highest BCUT2D eigenvalue weighted by Gasteiger charge is 2.24. The maximum atomic E-state index is 11.9. The van der Waals surface area contributed by atoms with E-state index in [4.69, 9.17) is 5.73 Å². The summed E-state index contributed by atoms with van der Waals surface area (Å²) in [6.45, 7) is 2.50. The van der Waals surface area contributed by atoms with Gasteiger partial charge in [0.25, 0.3) is 5.91 Å². The first-order valence-corrected chi connectivity index (χ1v) is 6.15. The van der Waals surface area contributed by atoms with Crippen molar-refractivity contribution >= 4 is 5.91 Å². The highest BCUT2D eigenvalue weighted by Crippen LogP contribution is 2.33. The van der Waals surface area contributed by atoms with Gasteiger partial charge in [-0.25, -0.2) is 0 Å². The minimum atomic E-state index is -0.0956. The molecule has 1 heterocycles. The third kappa shape index (κ3) is 3.53. The van der Waals surface area contributed by atoms with Gasteiger partial charge in [-0.1, -0.05) is 18.9 Å². The highest BCUT2D eigenvalue weighted by atomic mass is 16.1. The lowest BCUT2D eigenvalue weighted by molar-refractivity contribution is 0.0932. The summed E-state index contributed by atoms with van der Waals surface area (Å²) in [6, 6.07) is 3.79. The molecule has 1 saturated carbocycles. The topological polar surface area (TPSA) is 68.0 Å². The van der Waals surface area contributed by atoms with Gasteiger partial charge in [0.1, 0.15) is 5.69 Å². The number of hydrogen-bond donors (Lipinski definition) is 2. The Kier molecular flexibility index (Phi) is 3.74. The molecule has 1 aromatic rings. The molecular formula is C13H19N3O. The zero-order valence-electron chi connectivity index (χ0n) is 10.1. The Hall–Kier alpha value is -1.42. The minimum absolute atomic E-state index is 0.0956. The van der Waals surface area contributed by atoms with E-state index in [0.29, 0.717) is 12.2 Å². The molecule has 0 saturated heterocycles. The number of nitrogens with one attached hydrogen (secondary N) is 1. The molecule has 1 amide bonds. The molecule has 0 aromatic carbocycles. The van der Waals surface area contributed by atoms with Gasteiger partial charge in [0.05, 0.1) is 0 Å². The summed E-state index contributed by atoms with van der Waals surface area (Å²) in [7, 11) is 0. The van der Waals surface area contributed by atoms with E-state index in [1.54, 1.807) is 12.3 Å². The lowest BCUT2D eigenvalue weighted by Gasteiger charge is -2.12. The third-order valence-electron chi connectivity index (χ3n) is 3.05. The Morgan fingerprint density at radius 3 is 2.88 bits per heavy atom. The summed E-state index contributed by atoms with van der Waals surface area (Å²) in [4.78, 5) is 16.0. The van der Waals surface area contributed by atoms with Crippen LogP contribution in [-0.2, 0) is 6.54 Å². The van der Waals surface area contributed by atoms with E-state index in [9.17, 15) is 4.79 Å². The summed E-state index contributed by atoms with van der Waals surface area (Å²) in [5.74, 6) is 0.722. The first kappa shape index (κ1) is 12.0. The molecule has 4 nitrogen and oxygen atoms in total. The first-order valence-electron chi connectivity index (χ1n) is 6.15. The average Bonchev–Trinajstić information content (AvgIpc) is 3.12. The average molecular weight is 233 g/mol. The molecule has 1 unspecified atom stereocenters. The predicted molar refractivity (Wildman–Crippen MR) is 66.4 cm³/mol. The number of rotatable bonds is 5. The van der Waals surface area contributed by atoms with Crippen LogP contribution < -0.4 is 11.1 Å². The molecular weight excluding hydrogens is 214 g/mol. The minimum Gasteiger partial charge on any atom is -0.348 e. The van der Waals surface area contributed by atoms with Gasteiger partial charge in [-0.15, -0.1) is 0 Å². The fraction of sp³-hybridized carbons (Fsp3) is 0.538. The number of pyridine rings is 1. The smallest absolute Gasteiger partial charge is 0.270 e. The second-order valence-corrected chi connectivity index (χ2v) is 4.81. The van der Waals surface area contributed by atoms with E-state index in [1.807, 2.05) is 13.0 Å². The maximum absolute atomic E-state index is 11.9.